The zero-order valence-electron chi connectivity index (χ0n) is 11.9. The van der Waals surface area contributed by atoms with Gasteiger partial charge in [-0.25, -0.2) is 0 Å². The van der Waals surface area contributed by atoms with Crippen LogP contribution in [-0.2, 0) is 9.53 Å². The lowest BCUT2D eigenvalue weighted by Gasteiger charge is -2.37. The highest BCUT2D eigenvalue weighted by Gasteiger charge is 2.26. The van der Waals surface area contributed by atoms with Crippen LogP contribution in [-0.4, -0.2) is 55.7 Å². The highest BCUT2D eigenvalue weighted by atomic mass is 16.5. The van der Waals surface area contributed by atoms with Crippen molar-refractivity contribution in [2.24, 2.45) is 11.7 Å². The molecule has 0 spiro atoms. The number of rotatable bonds is 5. The van der Waals surface area contributed by atoms with Crippen LogP contribution in [0, 0.1) is 5.92 Å². The Balaban J connectivity index is 1.70. The maximum absolute atomic E-state index is 12.0. The van der Waals surface area contributed by atoms with Gasteiger partial charge in [-0.15, -0.1) is 0 Å². The van der Waals surface area contributed by atoms with Gasteiger partial charge in [0.25, 0.3) is 0 Å². The highest BCUT2D eigenvalue weighted by molar-refractivity contribution is 5.78. The van der Waals surface area contributed by atoms with Crippen molar-refractivity contribution in [3.8, 4) is 0 Å². The third-order valence-electron chi connectivity index (χ3n) is 4.34. The normalized spacial score (nSPS) is 32.4. The summed E-state index contributed by atoms with van der Waals surface area (Å²) in [5.41, 5.74) is 5.74. The van der Waals surface area contributed by atoms with E-state index in [2.05, 4.69) is 17.1 Å². The van der Waals surface area contributed by atoms with Crippen molar-refractivity contribution < 1.29 is 9.53 Å². The first-order valence-electron chi connectivity index (χ1n) is 7.51. The molecule has 5 nitrogen and oxygen atoms in total. The van der Waals surface area contributed by atoms with E-state index in [4.69, 9.17) is 10.5 Å². The van der Waals surface area contributed by atoms with Crippen molar-refractivity contribution >= 4 is 5.91 Å². The number of likely N-dealkylation sites (tertiary alicyclic amines) is 1. The molecule has 0 aromatic carbocycles. The van der Waals surface area contributed by atoms with Crippen molar-refractivity contribution in [1.82, 2.24) is 10.2 Å². The second-order valence-corrected chi connectivity index (χ2v) is 5.90. The quantitative estimate of drug-likeness (QED) is 0.755. The number of hydrogen-bond donors (Lipinski definition) is 2. The van der Waals surface area contributed by atoms with Crippen LogP contribution in [0.25, 0.3) is 0 Å². The van der Waals surface area contributed by atoms with Crippen molar-refractivity contribution in [3.05, 3.63) is 0 Å². The van der Waals surface area contributed by atoms with Crippen molar-refractivity contribution in [1.29, 1.82) is 0 Å². The van der Waals surface area contributed by atoms with E-state index in [0.717, 1.165) is 39.0 Å². The molecule has 0 radical (unpaired) electrons. The third kappa shape index (κ3) is 4.44. The lowest BCUT2D eigenvalue weighted by molar-refractivity contribution is -0.123. The fourth-order valence-corrected chi connectivity index (χ4v) is 2.95. The van der Waals surface area contributed by atoms with E-state index >= 15 is 0 Å². The van der Waals surface area contributed by atoms with Crippen LogP contribution in [0.15, 0.2) is 0 Å². The van der Waals surface area contributed by atoms with E-state index in [1.54, 1.807) is 0 Å². The molecule has 19 heavy (non-hydrogen) atoms. The Hall–Kier alpha value is -0.650. The van der Waals surface area contributed by atoms with E-state index in [-0.39, 0.29) is 12.0 Å². The Kier molecular flexibility index (Phi) is 5.60. The molecule has 0 aliphatic carbocycles. The first-order valence-corrected chi connectivity index (χ1v) is 7.51. The number of nitrogens with two attached hydrogens (primary N) is 1. The Morgan fingerprint density at radius 3 is 2.95 bits per heavy atom. The number of carbonyl (C=O) groups excluding carboxylic acids is 1. The van der Waals surface area contributed by atoms with Gasteiger partial charge in [0.15, 0.2) is 0 Å². The van der Waals surface area contributed by atoms with E-state index in [9.17, 15) is 4.79 Å². The minimum Gasteiger partial charge on any atom is -0.376 e. The van der Waals surface area contributed by atoms with Gasteiger partial charge in [0.05, 0.1) is 12.6 Å². The van der Waals surface area contributed by atoms with Crippen molar-refractivity contribution in [2.45, 2.75) is 44.8 Å². The summed E-state index contributed by atoms with van der Waals surface area (Å²) in [7, 11) is 0. The van der Waals surface area contributed by atoms with Gasteiger partial charge >= 0.3 is 0 Å². The highest BCUT2D eigenvalue weighted by Crippen LogP contribution is 2.20. The number of ether oxygens (including phenoxy) is 1. The van der Waals surface area contributed by atoms with Gasteiger partial charge < -0.3 is 15.8 Å². The SMILES string of the molecule is CC1CCC(CN)CN1CC(=O)NCC1CCCO1. The van der Waals surface area contributed by atoms with Crippen LogP contribution in [0.5, 0.6) is 0 Å². The molecule has 3 N–H and O–H groups in total. The number of piperidine rings is 1. The zero-order valence-corrected chi connectivity index (χ0v) is 11.9. The summed E-state index contributed by atoms with van der Waals surface area (Å²) in [5.74, 6) is 0.655. The smallest absolute Gasteiger partial charge is 0.234 e. The van der Waals surface area contributed by atoms with Crippen LogP contribution in [0.4, 0.5) is 0 Å². The number of carbonyl (C=O) groups is 1. The Morgan fingerprint density at radius 2 is 2.26 bits per heavy atom. The van der Waals surface area contributed by atoms with Crippen molar-refractivity contribution in [3.63, 3.8) is 0 Å². The van der Waals surface area contributed by atoms with Gasteiger partial charge in [0.2, 0.25) is 5.91 Å². The summed E-state index contributed by atoms with van der Waals surface area (Å²) in [4.78, 5) is 14.2. The number of hydrogen-bond acceptors (Lipinski definition) is 4. The lowest BCUT2D eigenvalue weighted by atomic mass is 9.93. The first-order chi connectivity index (χ1) is 9.19. The van der Waals surface area contributed by atoms with Crippen LogP contribution >= 0.6 is 0 Å². The fourth-order valence-electron chi connectivity index (χ4n) is 2.95. The molecule has 2 rings (SSSR count). The second kappa shape index (κ2) is 7.22. The molecule has 5 heteroatoms. The molecule has 0 aromatic rings. The maximum atomic E-state index is 12.0. The average molecular weight is 269 g/mol. The van der Waals surface area contributed by atoms with Gasteiger partial charge in [0, 0.05) is 25.7 Å². The van der Waals surface area contributed by atoms with Crippen molar-refractivity contribution in [2.75, 3.05) is 32.8 Å². The first kappa shape index (κ1) is 14.8. The summed E-state index contributed by atoms with van der Waals surface area (Å²) in [6, 6.07) is 0.483. The monoisotopic (exact) mass is 269 g/mol. The van der Waals surface area contributed by atoms with E-state index < -0.39 is 0 Å². The summed E-state index contributed by atoms with van der Waals surface area (Å²) < 4.78 is 5.50. The predicted octanol–water partition coefficient (Wildman–Crippen LogP) is 0.341. The van der Waals surface area contributed by atoms with Crippen LogP contribution in [0.3, 0.4) is 0 Å². The average Bonchev–Trinajstić information content (AvgIpc) is 2.92. The van der Waals surface area contributed by atoms with E-state index in [0.29, 0.717) is 25.0 Å². The minimum atomic E-state index is 0.111. The van der Waals surface area contributed by atoms with Gasteiger partial charge in [-0.2, -0.15) is 0 Å². The summed E-state index contributed by atoms with van der Waals surface area (Å²) in [5, 5.41) is 2.99. The number of nitrogens with zero attached hydrogens (tertiary/aromatic N) is 1. The van der Waals surface area contributed by atoms with Crippen LogP contribution < -0.4 is 11.1 Å². The van der Waals surface area contributed by atoms with E-state index in [1.807, 2.05) is 0 Å². The largest absolute Gasteiger partial charge is 0.376 e. The Morgan fingerprint density at radius 1 is 1.42 bits per heavy atom. The van der Waals surface area contributed by atoms with Gasteiger partial charge in [-0.05, 0) is 45.1 Å². The summed E-state index contributed by atoms with van der Waals surface area (Å²) >= 11 is 0. The summed E-state index contributed by atoms with van der Waals surface area (Å²) in [6.07, 6.45) is 4.73. The third-order valence-corrected chi connectivity index (χ3v) is 4.34. The maximum Gasteiger partial charge on any atom is 0.234 e. The van der Waals surface area contributed by atoms with Gasteiger partial charge in [-0.3, -0.25) is 9.69 Å². The molecule has 2 aliphatic rings. The lowest BCUT2D eigenvalue weighted by Crippen LogP contribution is -2.48. The molecule has 0 saturated carbocycles. The number of amides is 1. The van der Waals surface area contributed by atoms with Crippen LogP contribution in [0.2, 0.25) is 0 Å². The second-order valence-electron chi connectivity index (χ2n) is 5.90. The Labute approximate surface area is 115 Å². The molecule has 3 atom stereocenters. The van der Waals surface area contributed by atoms with E-state index in [1.165, 1.54) is 6.42 Å². The fraction of sp³-hybridized carbons (Fsp3) is 0.929. The molecule has 3 unspecified atom stereocenters. The molecule has 1 amide bonds. The molecular weight excluding hydrogens is 242 g/mol. The zero-order chi connectivity index (χ0) is 13.7. The molecule has 2 saturated heterocycles. The van der Waals surface area contributed by atoms with Gasteiger partial charge in [-0.1, -0.05) is 0 Å². The molecule has 2 aliphatic heterocycles. The topological polar surface area (TPSA) is 67.6 Å². The molecule has 110 valence electrons. The molecule has 0 bridgehead atoms. The molecule has 2 fully saturated rings. The summed E-state index contributed by atoms with van der Waals surface area (Å²) in [6.45, 7) is 5.85. The standard InChI is InChI=1S/C14H27N3O2/c1-11-4-5-12(7-15)9-17(11)10-14(18)16-8-13-3-2-6-19-13/h11-13H,2-10,15H2,1H3,(H,16,18). The molecule has 0 aromatic heterocycles. The minimum absolute atomic E-state index is 0.111. The van der Waals surface area contributed by atoms with Crippen LogP contribution in [0.1, 0.15) is 32.6 Å². The molecule has 2 heterocycles. The van der Waals surface area contributed by atoms with Gasteiger partial charge in [0.1, 0.15) is 0 Å². The Bertz CT molecular complexity index is 292. The molecular formula is C14H27N3O2. The number of nitrogens with one attached hydrogen (secondary N) is 1. The predicted molar refractivity (Wildman–Crippen MR) is 74.8 cm³/mol.